The maximum Gasteiger partial charge on any atom is 0.340 e. The number of hydrogen-bond acceptors (Lipinski definition) is 4. The van der Waals surface area contributed by atoms with E-state index < -0.39 is 0 Å². The van der Waals surface area contributed by atoms with Gasteiger partial charge in [0.2, 0.25) is 5.91 Å². The zero-order valence-corrected chi connectivity index (χ0v) is 14.6. The molecule has 2 rings (SSSR count). The van der Waals surface area contributed by atoms with Crippen LogP contribution < -0.4 is 4.90 Å². The number of methoxy groups -OCH3 is 1. The fourth-order valence-electron chi connectivity index (χ4n) is 3.05. The third-order valence-corrected chi connectivity index (χ3v) is 5.30. The minimum Gasteiger partial charge on any atom is -0.465 e. The summed E-state index contributed by atoms with van der Waals surface area (Å²) < 4.78 is 4.83. The van der Waals surface area contributed by atoms with Gasteiger partial charge in [-0.2, -0.15) is 0 Å². The smallest absolute Gasteiger partial charge is 0.340 e. The van der Waals surface area contributed by atoms with Gasteiger partial charge in [-0.3, -0.25) is 4.79 Å². The van der Waals surface area contributed by atoms with Crippen molar-refractivity contribution < 1.29 is 14.3 Å². The average Bonchev–Trinajstić information content (AvgIpc) is 2.96. The van der Waals surface area contributed by atoms with Crippen molar-refractivity contribution in [2.45, 2.75) is 52.5 Å². The highest BCUT2D eigenvalue weighted by molar-refractivity contribution is 7.14. The van der Waals surface area contributed by atoms with E-state index in [1.54, 1.807) is 11.0 Å². The van der Waals surface area contributed by atoms with Gasteiger partial charge in [-0.15, -0.1) is 11.3 Å². The van der Waals surface area contributed by atoms with Gasteiger partial charge in [0.05, 0.1) is 12.7 Å². The second-order valence-electron chi connectivity index (χ2n) is 6.39. The van der Waals surface area contributed by atoms with Crippen LogP contribution >= 0.6 is 11.3 Å². The number of rotatable bonds is 4. The van der Waals surface area contributed by atoms with Crippen molar-refractivity contribution in [2.24, 2.45) is 11.8 Å². The number of anilines is 1. The Kier molecular flexibility index (Phi) is 5.62. The fraction of sp³-hybridized carbons (Fsp3) is 0.647. The van der Waals surface area contributed by atoms with Crippen LogP contribution in [0.4, 0.5) is 5.00 Å². The summed E-state index contributed by atoms with van der Waals surface area (Å²) >= 11 is 1.43. The van der Waals surface area contributed by atoms with E-state index in [-0.39, 0.29) is 23.8 Å². The summed E-state index contributed by atoms with van der Waals surface area (Å²) in [6.07, 6.45) is 4.11. The highest BCUT2D eigenvalue weighted by Crippen LogP contribution is 2.35. The maximum atomic E-state index is 13.0. The molecule has 1 aromatic rings. The Labute approximate surface area is 136 Å². The zero-order chi connectivity index (χ0) is 16.3. The summed E-state index contributed by atoms with van der Waals surface area (Å²) in [4.78, 5) is 26.7. The molecule has 1 aliphatic carbocycles. The number of carbonyl (C=O) groups is 2. The largest absolute Gasteiger partial charge is 0.465 e. The minimum absolute atomic E-state index is 0.0221. The molecule has 0 N–H and O–H groups in total. The van der Waals surface area contributed by atoms with Crippen LogP contribution in [0.25, 0.3) is 0 Å². The Morgan fingerprint density at radius 1 is 1.27 bits per heavy atom. The first kappa shape index (κ1) is 17.0. The topological polar surface area (TPSA) is 46.6 Å². The normalized spacial score (nSPS) is 21.7. The molecule has 1 amide bonds. The summed E-state index contributed by atoms with van der Waals surface area (Å²) in [6, 6.07) is 1.76. The summed E-state index contributed by atoms with van der Waals surface area (Å²) in [7, 11) is 1.37. The molecule has 0 bridgehead atoms. The molecule has 1 heterocycles. The number of ether oxygens (including phenoxy) is 1. The van der Waals surface area contributed by atoms with Crippen molar-refractivity contribution in [3.8, 4) is 0 Å². The van der Waals surface area contributed by atoms with Gasteiger partial charge in [-0.1, -0.05) is 6.92 Å². The van der Waals surface area contributed by atoms with Crippen LogP contribution in [0.5, 0.6) is 0 Å². The summed E-state index contributed by atoms with van der Waals surface area (Å²) in [5.41, 5.74) is 0.485. The molecule has 22 heavy (non-hydrogen) atoms. The summed E-state index contributed by atoms with van der Waals surface area (Å²) in [5, 5.41) is 2.55. The van der Waals surface area contributed by atoms with Crippen molar-refractivity contribution >= 4 is 28.2 Å². The van der Waals surface area contributed by atoms with Gasteiger partial charge >= 0.3 is 5.97 Å². The van der Waals surface area contributed by atoms with E-state index in [1.165, 1.54) is 18.4 Å². The highest BCUT2D eigenvalue weighted by atomic mass is 32.1. The van der Waals surface area contributed by atoms with Gasteiger partial charge in [-0.25, -0.2) is 4.79 Å². The Morgan fingerprint density at radius 3 is 2.45 bits per heavy atom. The van der Waals surface area contributed by atoms with Gasteiger partial charge < -0.3 is 9.64 Å². The average molecular weight is 323 g/mol. The first-order valence-corrected chi connectivity index (χ1v) is 8.82. The molecule has 1 aliphatic rings. The van der Waals surface area contributed by atoms with E-state index in [0.29, 0.717) is 16.5 Å². The third-order valence-electron chi connectivity index (χ3n) is 4.39. The molecule has 1 fully saturated rings. The molecule has 122 valence electrons. The number of nitrogens with zero attached hydrogens (tertiary/aromatic N) is 1. The van der Waals surface area contributed by atoms with Gasteiger partial charge in [0.15, 0.2) is 0 Å². The molecule has 1 saturated carbocycles. The highest BCUT2D eigenvalue weighted by Gasteiger charge is 2.32. The Hall–Kier alpha value is -1.36. The molecule has 1 aromatic heterocycles. The van der Waals surface area contributed by atoms with Gasteiger partial charge in [0.1, 0.15) is 5.00 Å². The third kappa shape index (κ3) is 3.51. The first-order valence-electron chi connectivity index (χ1n) is 7.94. The summed E-state index contributed by atoms with van der Waals surface area (Å²) in [6.45, 7) is 6.23. The van der Waals surface area contributed by atoms with E-state index in [9.17, 15) is 9.59 Å². The minimum atomic E-state index is -0.382. The fourth-order valence-corrected chi connectivity index (χ4v) is 4.07. The lowest BCUT2D eigenvalue weighted by Crippen LogP contribution is -2.42. The maximum absolute atomic E-state index is 13.0. The van der Waals surface area contributed by atoms with Crippen molar-refractivity contribution in [2.75, 3.05) is 12.0 Å². The second kappa shape index (κ2) is 7.27. The van der Waals surface area contributed by atoms with Crippen molar-refractivity contribution in [3.63, 3.8) is 0 Å². The number of carbonyl (C=O) groups excluding carboxylic acids is 2. The summed E-state index contributed by atoms with van der Waals surface area (Å²) in [5.74, 6) is 0.552. The van der Waals surface area contributed by atoms with Crippen molar-refractivity contribution in [1.29, 1.82) is 0 Å². The van der Waals surface area contributed by atoms with E-state index in [2.05, 4.69) is 6.92 Å². The molecule has 4 nitrogen and oxygen atoms in total. The molecule has 0 aliphatic heterocycles. The molecule has 0 aromatic carbocycles. The molecule has 5 heteroatoms. The van der Waals surface area contributed by atoms with Crippen LogP contribution in [0.3, 0.4) is 0 Å². The van der Waals surface area contributed by atoms with E-state index in [0.717, 1.165) is 25.7 Å². The Balaban J connectivity index is 2.25. The van der Waals surface area contributed by atoms with E-state index in [1.807, 2.05) is 19.2 Å². The monoisotopic (exact) mass is 323 g/mol. The van der Waals surface area contributed by atoms with Gasteiger partial charge in [-0.05, 0) is 56.9 Å². The lowest BCUT2D eigenvalue weighted by Gasteiger charge is -2.33. The van der Waals surface area contributed by atoms with Crippen molar-refractivity contribution in [3.05, 3.63) is 17.0 Å². The lowest BCUT2D eigenvalue weighted by molar-refractivity contribution is -0.123. The molecule has 0 saturated heterocycles. The molecule has 0 spiro atoms. The lowest BCUT2D eigenvalue weighted by atomic mass is 9.82. The van der Waals surface area contributed by atoms with Gasteiger partial charge in [0, 0.05) is 12.0 Å². The SMILES string of the molecule is COC(=O)c1ccsc1N(C(=O)[C@H]1CC[C@H](C)CC1)C(C)C. The number of thiophene rings is 1. The van der Waals surface area contributed by atoms with Crippen LogP contribution in [0, 0.1) is 11.8 Å². The molecular weight excluding hydrogens is 298 g/mol. The van der Waals surface area contributed by atoms with Crippen molar-refractivity contribution in [1.82, 2.24) is 0 Å². The van der Waals surface area contributed by atoms with E-state index in [4.69, 9.17) is 4.74 Å². The second-order valence-corrected chi connectivity index (χ2v) is 7.28. The van der Waals surface area contributed by atoms with Crippen LogP contribution in [-0.4, -0.2) is 25.0 Å². The predicted molar refractivity (Wildman–Crippen MR) is 89.4 cm³/mol. The Morgan fingerprint density at radius 2 is 1.91 bits per heavy atom. The Bertz CT molecular complexity index is 530. The standard InChI is InChI=1S/C17H25NO3S/c1-11(2)18(15(19)13-7-5-12(3)6-8-13)16-14(9-10-22-16)17(20)21-4/h9-13H,5-8H2,1-4H3/t12-,13-. The van der Waals surface area contributed by atoms with Crippen LogP contribution in [0.15, 0.2) is 11.4 Å². The first-order chi connectivity index (χ1) is 10.5. The predicted octanol–water partition coefficient (Wildman–Crippen LogP) is 4.10. The number of esters is 1. The van der Waals surface area contributed by atoms with Crippen LogP contribution in [-0.2, 0) is 9.53 Å². The van der Waals surface area contributed by atoms with Gasteiger partial charge in [0.25, 0.3) is 0 Å². The molecule has 0 radical (unpaired) electrons. The molecular formula is C17H25NO3S. The molecule has 0 unspecified atom stereocenters. The van der Waals surface area contributed by atoms with Crippen LogP contribution in [0.2, 0.25) is 0 Å². The van der Waals surface area contributed by atoms with E-state index >= 15 is 0 Å². The number of amides is 1. The quantitative estimate of drug-likeness (QED) is 0.784. The van der Waals surface area contributed by atoms with Crippen LogP contribution in [0.1, 0.15) is 56.8 Å². The molecule has 0 atom stereocenters. The number of hydrogen-bond donors (Lipinski definition) is 0. The zero-order valence-electron chi connectivity index (χ0n) is 13.8.